The van der Waals surface area contributed by atoms with Gasteiger partial charge >= 0.3 is 0 Å². The molecule has 2 atom stereocenters. The van der Waals surface area contributed by atoms with Crippen molar-refractivity contribution in [2.75, 3.05) is 25.1 Å². The van der Waals surface area contributed by atoms with Gasteiger partial charge in [0.1, 0.15) is 12.6 Å². The van der Waals surface area contributed by atoms with E-state index in [0.29, 0.717) is 27.8 Å². The molecule has 0 aliphatic heterocycles. The van der Waals surface area contributed by atoms with Crippen LogP contribution in [-0.2, 0) is 26.2 Å². The standard InChI is InChI=1S/C31H37Cl2N3O6S/c1-6-21(3)34-31(38)27(7-2)35(19-22-13-15-25(32)26(33)17-22)30(37)20-36(43(39,40)24-11-9-8-10-12-24)23-14-16-28(41-4)29(18-23)42-5/h8-18,21,27H,6-7,19-20H2,1-5H3,(H,34,38)/t21-,27-/m1/s1. The van der Waals surface area contributed by atoms with Crippen LogP contribution in [0.3, 0.4) is 0 Å². The lowest BCUT2D eigenvalue weighted by Crippen LogP contribution is -2.53. The van der Waals surface area contributed by atoms with Gasteiger partial charge in [-0.2, -0.15) is 0 Å². The van der Waals surface area contributed by atoms with Gasteiger partial charge in [0.25, 0.3) is 10.0 Å². The van der Waals surface area contributed by atoms with Gasteiger partial charge in [0.15, 0.2) is 11.5 Å². The number of halogens is 2. The van der Waals surface area contributed by atoms with Crippen LogP contribution in [0.15, 0.2) is 71.6 Å². The number of sulfonamides is 1. The molecular weight excluding hydrogens is 613 g/mol. The molecule has 0 fully saturated rings. The molecule has 3 aromatic carbocycles. The summed E-state index contributed by atoms with van der Waals surface area (Å²) in [4.78, 5) is 29.0. The van der Waals surface area contributed by atoms with E-state index in [1.165, 1.54) is 43.4 Å². The lowest BCUT2D eigenvalue weighted by atomic mass is 10.1. The first kappa shape index (κ1) is 34.0. The van der Waals surface area contributed by atoms with Crippen molar-refractivity contribution in [3.63, 3.8) is 0 Å². The van der Waals surface area contributed by atoms with Crippen molar-refractivity contribution < 1.29 is 27.5 Å². The SMILES string of the molecule is CC[C@@H](C)NC(=O)[C@@H](CC)N(Cc1ccc(Cl)c(Cl)c1)C(=O)CN(c1ccc(OC)c(OC)c1)S(=O)(=O)c1ccccc1. The summed E-state index contributed by atoms with van der Waals surface area (Å²) in [6, 6.07) is 16.3. The molecule has 0 bridgehead atoms. The van der Waals surface area contributed by atoms with E-state index in [1.807, 2.05) is 13.8 Å². The van der Waals surface area contributed by atoms with Crippen LogP contribution < -0.4 is 19.1 Å². The molecule has 43 heavy (non-hydrogen) atoms. The number of amides is 2. The highest BCUT2D eigenvalue weighted by Gasteiger charge is 2.34. The predicted octanol–water partition coefficient (Wildman–Crippen LogP) is 5.93. The summed E-state index contributed by atoms with van der Waals surface area (Å²) < 4.78 is 39.8. The predicted molar refractivity (Wildman–Crippen MR) is 170 cm³/mol. The number of hydrogen-bond acceptors (Lipinski definition) is 6. The number of carbonyl (C=O) groups excluding carboxylic acids is 2. The van der Waals surface area contributed by atoms with Gasteiger partial charge in [-0.3, -0.25) is 13.9 Å². The molecule has 0 aliphatic rings. The fourth-order valence-electron chi connectivity index (χ4n) is 4.42. The molecular formula is C31H37Cl2N3O6S. The summed E-state index contributed by atoms with van der Waals surface area (Å²) in [6.07, 6.45) is 0.989. The summed E-state index contributed by atoms with van der Waals surface area (Å²) in [5, 5.41) is 3.59. The van der Waals surface area contributed by atoms with E-state index in [1.54, 1.807) is 49.4 Å². The number of ether oxygens (including phenoxy) is 2. The van der Waals surface area contributed by atoms with Gasteiger partial charge in [-0.15, -0.1) is 0 Å². The van der Waals surface area contributed by atoms with Crippen LogP contribution in [-0.4, -0.2) is 58.0 Å². The molecule has 0 unspecified atom stereocenters. The third-order valence-electron chi connectivity index (χ3n) is 6.99. The first-order valence-corrected chi connectivity index (χ1v) is 16.0. The Morgan fingerprint density at radius 2 is 1.56 bits per heavy atom. The summed E-state index contributed by atoms with van der Waals surface area (Å²) >= 11 is 12.4. The Hall–Kier alpha value is -3.47. The zero-order valence-electron chi connectivity index (χ0n) is 24.8. The number of anilines is 1. The van der Waals surface area contributed by atoms with Gasteiger partial charge in [-0.05, 0) is 61.7 Å². The van der Waals surface area contributed by atoms with Gasteiger partial charge in [0.2, 0.25) is 11.8 Å². The Morgan fingerprint density at radius 3 is 2.14 bits per heavy atom. The second-order valence-electron chi connectivity index (χ2n) is 9.88. The van der Waals surface area contributed by atoms with Crippen LogP contribution >= 0.6 is 23.2 Å². The van der Waals surface area contributed by atoms with Crippen molar-refractivity contribution >= 4 is 50.7 Å². The molecule has 232 valence electrons. The smallest absolute Gasteiger partial charge is 0.264 e. The quantitative estimate of drug-likeness (QED) is 0.232. The van der Waals surface area contributed by atoms with Gasteiger partial charge < -0.3 is 19.7 Å². The Balaban J connectivity index is 2.12. The third-order valence-corrected chi connectivity index (χ3v) is 9.52. The second kappa shape index (κ2) is 15.3. The normalized spacial score (nSPS) is 12.6. The average Bonchev–Trinajstić information content (AvgIpc) is 3.01. The lowest BCUT2D eigenvalue weighted by molar-refractivity contribution is -0.140. The van der Waals surface area contributed by atoms with Crippen LogP contribution in [0, 0.1) is 0 Å². The van der Waals surface area contributed by atoms with Crippen LogP contribution in [0.1, 0.15) is 39.2 Å². The van der Waals surface area contributed by atoms with Crippen LogP contribution in [0.5, 0.6) is 11.5 Å². The molecule has 0 saturated carbocycles. The van der Waals surface area contributed by atoms with E-state index in [9.17, 15) is 18.0 Å². The topological polar surface area (TPSA) is 105 Å². The molecule has 0 saturated heterocycles. The Labute approximate surface area is 263 Å². The van der Waals surface area contributed by atoms with Crippen LogP contribution in [0.2, 0.25) is 10.0 Å². The first-order valence-electron chi connectivity index (χ1n) is 13.8. The number of rotatable bonds is 14. The van der Waals surface area contributed by atoms with Crippen molar-refractivity contribution in [2.24, 2.45) is 0 Å². The third kappa shape index (κ3) is 8.34. The largest absolute Gasteiger partial charge is 0.493 e. The molecule has 0 spiro atoms. The number of nitrogens with zero attached hydrogens (tertiary/aromatic N) is 2. The van der Waals surface area contributed by atoms with Crippen LogP contribution in [0.25, 0.3) is 0 Å². The summed E-state index contributed by atoms with van der Waals surface area (Å²) in [6.45, 7) is 5.01. The number of benzene rings is 3. The highest BCUT2D eigenvalue weighted by molar-refractivity contribution is 7.92. The maximum atomic E-state index is 14.2. The van der Waals surface area contributed by atoms with Gasteiger partial charge in [-0.1, -0.05) is 61.3 Å². The number of hydrogen-bond donors (Lipinski definition) is 1. The minimum Gasteiger partial charge on any atom is -0.493 e. The number of carbonyl (C=O) groups is 2. The van der Waals surface area contributed by atoms with Gasteiger partial charge in [-0.25, -0.2) is 8.42 Å². The van der Waals surface area contributed by atoms with Crippen LogP contribution in [0.4, 0.5) is 5.69 Å². The van der Waals surface area contributed by atoms with Gasteiger partial charge in [0, 0.05) is 18.7 Å². The molecule has 0 heterocycles. The fourth-order valence-corrected chi connectivity index (χ4v) is 6.17. The van der Waals surface area contributed by atoms with Crippen molar-refractivity contribution in [2.45, 2.75) is 57.1 Å². The highest BCUT2D eigenvalue weighted by atomic mass is 35.5. The molecule has 0 radical (unpaired) electrons. The number of methoxy groups -OCH3 is 2. The van der Waals surface area contributed by atoms with E-state index in [-0.39, 0.29) is 41.2 Å². The lowest BCUT2D eigenvalue weighted by Gasteiger charge is -2.34. The maximum Gasteiger partial charge on any atom is 0.264 e. The monoisotopic (exact) mass is 649 g/mol. The van der Waals surface area contributed by atoms with Gasteiger partial charge in [0.05, 0.1) is 34.8 Å². The summed E-state index contributed by atoms with van der Waals surface area (Å²) in [7, 11) is -1.34. The Kier molecular flexibility index (Phi) is 12.1. The van der Waals surface area contributed by atoms with E-state index < -0.39 is 28.5 Å². The van der Waals surface area contributed by atoms with Crippen molar-refractivity contribution in [3.8, 4) is 11.5 Å². The van der Waals surface area contributed by atoms with E-state index >= 15 is 0 Å². The molecule has 1 N–H and O–H groups in total. The maximum absolute atomic E-state index is 14.2. The molecule has 3 rings (SSSR count). The average molecular weight is 651 g/mol. The van der Waals surface area contributed by atoms with Crippen molar-refractivity contribution in [3.05, 3.63) is 82.3 Å². The molecule has 0 aromatic heterocycles. The second-order valence-corrected chi connectivity index (χ2v) is 12.6. The zero-order valence-corrected chi connectivity index (χ0v) is 27.2. The first-order chi connectivity index (χ1) is 20.5. The summed E-state index contributed by atoms with van der Waals surface area (Å²) in [5.74, 6) is -0.253. The number of nitrogens with one attached hydrogen (secondary N) is 1. The van der Waals surface area contributed by atoms with E-state index in [2.05, 4.69) is 5.32 Å². The van der Waals surface area contributed by atoms with Crippen molar-refractivity contribution in [1.82, 2.24) is 10.2 Å². The summed E-state index contributed by atoms with van der Waals surface area (Å²) in [5.41, 5.74) is 0.808. The minimum atomic E-state index is -4.24. The zero-order chi connectivity index (χ0) is 31.7. The van der Waals surface area contributed by atoms with E-state index in [0.717, 1.165) is 4.31 Å². The fraction of sp³-hybridized carbons (Fsp3) is 0.355. The molecule has 12 heteroatoms. The molecule has 3 aromatic rings. The minimum absolute atomic E-state index is 0.00447. The molecule has 2 amide bonds. The molecule has 0 aliphatic carbocycles. The highest BCUT2D eigenvalue weighted by Crippen LogP contribution is 2.34. The Bertz CT molecular complexity index is 1520. The van der Waals surface area contributed by atoms with Crippen molar-refractivity contribution in [1.29, 1.82) is 0 Å². The van der Waals surface area contributed by atoms with E-state index in [4.69, 9.17) is 32.7 Å². The molecule has 9 nitrogen and oxygen atoms in total. The Morgan fingerprint density at radius 1 is 0.884 bits per heavy atom.